The van der Waals surface area contributed by atoms with Gasteiger partial charge in [-0.3, -0.25) is 4.79 Å². The molecule has 0 radical (unpaired) electrons. The number of hydrogen-bond donors (Lipinski definition) is 2. The van der Waals surface area contributed by atoms with Gasteiger partial charge in [0.2, 0.25) is 5.54 Å². The highest BCUT2D eigenvalue weighted by Crippen LogP contribution is 2.22. The van der Waals surface area contributed by atoms with E-state index in [1.54, 1.807) is 47.1 Å². The van der Waals surface area contributed by atoms with Crippen LogP contribution in [0.25, 0.3) is 0 Å². The number of methoxy groups -OCH3 is 2. The van der Waals surface area contributed by atoms with Crippen LogP contribution < -0.4 is 20.5 Å². The van der Waals surface area contributed by atoms with Crippen LogP contribution in [0.1, 0.15) is 31.9 Å². The molecule has 1 amide bonds. The largest absolute Gasteiger partial charge is 0.497 e. The first kappa shape index (κ1) is 25.5. The van der Waals surface area contributed by atoms with Gasteiger partial charge in [-0.25, -0.2) is 4.79 Å². The van der Waals surface area contributed by atoms with Crippen LogP contribution in [0.4, 0.5) is 0 Å². The highest BCUT2D eigenvalue weighted by atomic mass is 32.2. The third-order valence-corrected chi connectivity index (χ3v) is 5.73. The number of thioether (sulfide) groups is 1. The van der Waals surface area contributed by atoms with Crippen molar-refractivity contribution in [2.75, 3.05) is 20.0 Å². The fourth-order valence-corrected chi connectivity index (χ4v) is 3.82. The number of benzene rings is 2. The Bertz CT molecular complexity index is 894. The van der Waals surface area contributed by atoms with Gasteiger partial charge in [0.1, 0.15) is 17.1 Å². The van der Waals surface area contributed by atoms with Crippen molar-refractivity contribution in [3.05, 3.63) is 59.7 Å². The normalized spacial score (nSPS) is 13.1. The number of carbonyl (C=O) groups is 2. The minimum absolute atomic E-state index is 0.0718. The molecule has 174 valence electrons. The Kier molecular flexibility index (Phi) is 8.98. The van der Waals surface area contributed by atoms with E-state index >= 15 is 0 Å². The van der Waals surface area contributed by atoms with Crippen LogP contribution in [0.5, 0.6) is 11.5 Å². The number of carbonyl (C=O) groups excluding carboxylic acids is 2. The molecule has 7 nitrogen and oxygen atoms in total. The lowest BCUT2D eigenvalue weighted by Crippen LogP contribution is -2.62. The maximum absolute atomic E-state index is 13.0. The van der Waals surface area contributed by atoms with Gasteiger partial charge in [0.05, 0.1) is 14.2 Å². The minimum atomic E-state index is -1.82. The zero-order chi connectivity index (χ0) is 23.8. The summed E-state index contributed by atoms with van der Waals surface area (Å²) in [4.78, 5) is 25.9. The Balaban J connectivity index is 2.07. The lowest BCUT2D eigenvalue weighted by molar-refractivity contribution is -0.163. The first-order valence-corrected chi connectivity index (χ1v) is 11.4. The first-order chi connectivity index (χ1) is 15.1. The van der Waals surface area contributed by atoms with E-state index in [1.807, 2.05) is 36.4 Å². The van der Waals surface area contributed by atoms with Crippen LogP contribution in [-0.4, -0.2) is 43.0 Å². The smallest absolute Gasteiger partial charge is 0.337 e. The summed E-state index contributed by atoms with van der Waals surface area (Å²) in [5, 5.41) is 2.77. The van der Waals surface area contributed by atoms with E-state index < -0.39 is 23.0 Å². The van der Waals surface area contributed by atoms with Gasteiger partial charge in [0, 0.05) is 18.1 Å². The second-order valence-electron chi connectivity index (χ2n) is 8.34. The second-order valence-corrected chi connectivity index (χ2v) is 9.33. The van der Waals surface area contributed by atoms with E-state index in [-0.39, 0.29) is 12.3 Å². The van der Waals surface area contributed by atoms with Crippen LogP contribution >= 0.6 is 11.8 Å². The Morgan fingerprint density at radius 2 is 1.41 bits per heavy atom. The minimum Gasteiger partial charge on any atom is -0.497 e. The van der Waals surface area contributed by atoms with Gasteiger partial charge in [-0.05, 0) is 56.2 Å². The molecule has 8 heteroatoms. The zero-order valence-electron chi connectivity index (χ0n) is 19.3. The average Bonchev–Trinajstić information content (AvgIpc) is 2.76. The van der Waals surface area contributed by atoms with Crippen molar-refractivity contribution in [2.24, 2.45) is 5.73 Å². The lowest BCUT2D eigenvalue weighted by atomic mass is 10.0. The molecule has 0 unspecified atom stereocenters. The zero-order valence-corrected chi connectivity index (χ0v) is 20.1. The molecule has 0 spiro atoms. The predicted molar refractivity (Wildman–Crippen MR) is 127 cm³/mol. The molecular weight excluding hydrogens is 428 g/mol. The molecule has 1 atom stereocenters. The van der Waals surface area contributed by atoms with E-state index in [9.17, 15) is 9.59 Å². The van der Waals surface area contributed by atoms with E-state index in [0.717, 1.165) is 22.6 Å². The summed E-state index contributed by atoms with van der Waals surface area (Å²) < 4.78 is 15.8. The molecule has 0 saturated heterocycles. The van der Waals surface area contributed by atoms with Gasteiger partial charge < -0.3 is 25.3 Å². The molecule has 0 fully saturated rings. The number of ether oxygens (including phenoxy) is 3. The molecule has 32 heavy (non-hydrogen) atoms. The fraction of sp³-hybridized carbons (Fsp3) is 0.417. The maximum Gasteiger partial charge on any atom is 0.337 e. The number of amides is 1. The van der Waals surface area contributed by atoms with Crippen molar-refractivity contribution < 1.29 is 23.8 Å². The van der Waals surface area contributed by atoms with Crippen molar-refractivity contribution in [3.63, 3.8) is 0 Å². The fourth-order valence-electron chi connectivity index (χ4n) is 2.72. The number of hydrogen-bond acceptors (Lipinski definition) is 7. The molecule has 0 aliphatic heterocycles. The molecule has 0 saturated carbocycles. The number of nitrogens with two attached hydrogens (primary N) is 1. The van der Waals surface area contributed by atoms with E-state index in [4.69, 9.17) is 19.9 Å². The number of esters is 1. The molecule has 0 bridgehead atoms. The quantitative estimate of drug-likeness (QED) is 0.414. The van der Waals surface area contributed by atoms with E-state index in [2.05, 4.69) is 5.32 Å². The van der Waals surface area contributed by atoms with Crippen LogP contribution in [0.2, 0.25) is 0 Å². The molecule has 3 N–H and O–H groups in total. The summed E-state index contributed by atoms with van der Waals surface area (Å²) in [6, 6.07) is 14.9. The predicted octanol–water partition coefficient (Wildman–Crippen LogP) is 3.29. The Morgan fingerprint density at radius 1 is 0.906 bits per heavy atom. The summed E-state index contributed by atoms with van der Waals surface area (Å²) in [5.74, 6) is 0.805. The van der Waals surface area contributed by atoms with Gasteiger partial charge in [-0.1, -0.05) is 24.3 Å². The van der Waals surface area contributed by atoms with Crippen LogP contribution in [0.15, 0.2) is 48.5 Å². The first-order valence-electron chi connectivity index (χ1n) is 10.2. The molecule has 2 rings (SSSR count). The third kappa shape index (κ3) is 7.46. The maximum atomic E-state index is 13.0. The Labute approximate surface area is 194 Å². The standard InChI is InChI=1S/C24H32N2O5S/c1-23(2,3)31-22(28)24(25,16-32-15-18-8-12-20(30-5)13-9-18)21(27)26-14-17-6-10-19(29-4)11-7-17/h6-13H,14-16,25H2,1-5H3,(H,26,27)/t24-/m1/s1. The Morgan fingerprint density at radius 3 is 1.88 bits per heavy atom. The summed E-state index contributed by atoms with van der Waals surface area (Å²) >= 11 is 1.39. The van der Waals surface area contributed by atoms with E-state index in [1.165, 1.54) is 11.8 Å². The van der Waals surface area contributed by atoms with Gasteiger partial charge in [-0.15, -0.1) is 0 Å². The van der Waals surface area contributed by atoms with Gasteiger partial charge in [0.15, 0.2) is 0 Å². The summed E-state index contributed by atoms with van der Waals surface area (Å²) in [7, 11) is 3.20. The average molecular weight is 461 g/mol. The van der Waals surface area contributed by atoms with Crippen LogP contribution in [0, 0.1) is 0 Å². The number of nitrogens with one attached hydrogen (secondary N) is 1. The lowest BCUT2D eigenvalue weighted by Gasteiger charge is -2.30. The Hall–Kier alpha value is -2.71. The monoisotopic (exact) mass is 460 g/mol. The third-order valence-electron chi connectivity index (χ3n) is 4.54. The number of rotatable bonds is 10. The molecule has 0 aliphatic carbocycles. The molecule has 2 aromatic carbocycles. The van der Waals surface area contributed by atoms with Gasteiger partial charge in [-0.2, -0.15) is 11.8 Å². The van der Waals surface area contributed by atoms with Gasteiger partial charge in [0.25, 0.3) is 5.91 Å². The topological polar surface area (TPSA) is 99.9 Å². The highest BCUT2D eigenvalue weighted by molar-refractivity contribution is 7.98. The van der Waals surface area contributed by atoms with Crippen molar-refractivity contribution in [3.8, 4) is 11.5 Å². The SMILES string of the molecule is COc1ccc(CNC(=O)[C@](N)(CSCc2ccc(OC)cc2)C(=O)OC(C)(C)C)cc1. The molecular formula is C24H32N2O5S. The summed E-state index contributed by atoms with van der Waals surface area (Å²) in [5.41, 5.74) is 5.66. The molecule has 0 aliphatic rings. The summed E-state index contributed by atoms with van der Waals surface area (Å²) in [6.07, 6.45) is 0. The second kappa shape index (κ2) is 11.2. The molecule has 2 aromatic rings. The van der Waals surface area contributed by atoms with Crippen molar-refractivity contribution >= 4 is 23.6 Å². The molecule has 0 heterocycles. The molecule has 0 aromatic heterocycles. The van der Waals surface area contributed by atoms with E-state index in [0.29, 0.717) is 5.75 Å². The van der Waals surface area contributed by atoms with Crippen molar-refractivity contribution in [1.29, 1.82) is 0 Å². The van der Waals surface area contributed by atoms with Crippen LogP contribution in [0.3, 0.4) is 0 Å². The highest BCUT2D eigenvalue weighted by Gasteiger charge is 2.45. The van der Waals surface area contributed by atoms with Gasteiger partial charge >= 0.3 is 5.97 Å². The van der Waals surface area contributed by atoms with Crippen LogP contribution in [-0.2, 0) is 26.6 Å². The summed E-state index contributed by atoms with van der Waals surface area (Å²) in [6.45, 7) is 5.45. The van der Waals surface area contributed by atoms with Crippen molar-refractivity contribution in [2.45, 2.75) is 44.2 Å². The van der Waals surface area contributed by atoms with Crippen molar-refractivity contribution in [1.82, 2.24) is 5.32 Å².